The highest BCUT2D eigenvalue weighted by Crippen LogP contribution is 2.15. The van der Waals surface area contributed by atoms with Crippen molar-refractivity contribution in [2.45, 2.75) is 33.3 Å². The van der Waals surface area contributed by atoms with Gasteiger partial charge < -0.3 is 10.1 Å². The van der Waals surface area contributed by atoms with Crippen LogP contribution >= 0.6 is 0 Å². The van der Waals surface area contributed by atoms with Gasteiger partial charge in [0.15, 0.2) is 0 Å². The van der Waals surface area contributed by atoms with Crippen LogP contribution in [0.1, 0.15) is 36.4 Å². The molecule has 21 heavy (non-hydrogen) atoms. The summed E-state index contributed by atoms with van der Waals surface area (Å²) >= 11 is 0. The standard InChI is InChI=1S/C17H23N3O/c1-13-12-14(2)20-17(19-13)18-10-7-11-21-15(3)16-8-5-4-6-9-16/h4-6,8-9,12,15H,7,10-11H2,1-3H3,(H,18,19,20). The molecule has 1 aromatic heterocycles. The number of hydrogen-bond donors (Lipinski definition) is 1. The van der Waals surface area contributed by atoms with Crippen LogP contribution in [0.2, 0.25) is 0 Å². The number of nitrogens with one attached hydrogen (secondary N) is 1. The second-order valence-electron chi connectivity index (χ2n) is 5.18. The number of aryl methyl sites for hydroxylation is 2. The quantitative estimate of drug-likeness (QED) is 0.788. The second-order valence-corrected chi connectivity index (χ2v) is 5.18. The van der Waals surface area contributed by atoms with Crippen molar-refractivity contribution in [3.05, 3.63) is 53.3 Å². The lowest BCUT2D eigenvalue weighted by molar-refractivity contribution is 0.0656. The van der Waals surface area contributed by atoms with Crippen molar-refractivity contribution in [1.29, 1.82) is 0 Å². The Labute approximate surface area is 126 Å². The Bertz CT molecular complexity index is 537. The van der Waals surface area contributed by atoms with Crippen molar-refractivity contribution in [1.82, 2.24) is 9.97 Å². The van der Waals surface area contributed by atoms with Crippen LogP contribution in [-0.2, 0) is 4.74 Å². The van der Waals surface area contributed by atoms with Crippen LogP contribution in [0.5, 0.6) is 0 Å². The van der Waals surface area contributed by atoms with Crippen LogP contribution in [0.4, 0.5) is 5.95 Å². The first-order valence-corrected chi connectivity index (χ1v) is 7.38. The van der Waals surface area contributed by atoms with Crippen molar-refractivity contribution in [3.8, 4) is 0 Å². The summed E-state index contributed by atoms with van der Waals surface area (Å²) in [7, 11) is 0. The van der Waals surface area contributed by atoms with Gasteiger partial charge >= 0.3 is 0 Å². The molecule has 0 spiro atoms. The smallest absolute Gasteiger partial charge is 0.223 e. The summed E-state index contributed by atoms with van der Waals surface area (Å²) in [5.74, 6) is 0.698. The van der Waals surface area contributed by atoms with Crippen LogP contribution in [0.3, 0.4) is 0 Å². The van der Waals surface area contributed by atoms with Gasteiger partial charge in [-0.2, -0.15) is 0 Å². The van der Waals surface area contributed by atoms with Gasteiger partial charge in [0.25, 0.3) is 0 Å². The van der Waals surface area contributed by atoms with E-state index >= 15 is 0 Å². The average molecular weight is 285 g/mol. The Hall–Kier alpha value is -1.94. The van der Waals surface area contributed by atoms with E-state index < -0.39 is 0 Å². The molecule has 2 rings (SSSR count). The van der Waals surface area contributed by atoms with E-state index in [2.05, 4.69) is 34.3 Å². The van der Waals surface area contributed by atoms with Crippen molar-refractivity contribution in [2.75, 3.05) is 18.5 Å². The molecule has 2 aromatic rings. The minimum absolute atomic E-state index is 0.128. The van der Waals surface area contributed by atoms with Crippen LogP contribution in [-0.4, -0.2) is 23.1 Å². The third-order valence-corrected chi connectivity index (χ3v) is 3.22. The molecule has 0 saturated heterocycles. The lowest BCUT2D eigenvalue weighted by Crippen LogP contribution is -2.10. The number of nitrogens with zero attached hydrogens (tertiary/aromatic N) is 2. The lowest BCUT2D eigenvalue weighted by atomic mass is 10.1. The zero-order chi connectivity index (χ0) is 15.1. The lowest BCUT2D eigenvalue weighted by Gasteiger charge is -2.13. The van der Waals surface area contributed by atoms with Crippen LogP contribution in [0, 0.1) is 13.8 Å². The Balaban J connectivity index is 1.68. The molecule has 0 bridgehead atoms. The monoisotopic (exact) mass is 285 g/mol. The fourth-order valence-corrected chi connectivity index (χ4v) is 2.16. The Morgan fingerprint density at radius 1 is 1.10 bits per heavy atom. The summed E-state index contributed by atoms with van der Waals surface area (Å²) in [4.78, 5) is 8.70. The molecule has 1 atom stereocenters. The van der Waals surface area contributed by atoms with Gasteiger partial charge in [-0.1, -0.05) is 30.3 Å². The van der Waals surface area contributed by atoms with E-state index in [9.17, 15) is 0 Å². The molecule has 0 aliphatic rings. The van der Waals surface area contributed by atoms with Gasteiger partial charge in [-0.25, -0.2) is 9.97 Å². The molecule has 1 unspecified atom stereocenters. The number of benzene rings is 1. The minimum atomic E-state index is 0.128. The Morgan fingerprint density at radius 2 is 1.76 bits per heavy atom. The summed E-state index contributed by atoms with van der Waals surface area (Å²) in [5.41, 5.74) is 3.18. The number of ether oxygens (including phenoxy) is 1. The van der Waals surface area contributed by atoms with E-state index in [0.717, 1.165) is 24.4 Å². The van der Waals surface area contributed by atoms with Gasteiger partial charge in [0.2, 0.25) is 5.95 Å². The zero-order valence-corrected chi connectivity index (χ0v) is 13.0. The maximum Gasteiger partial charge on any atom is 0.223 e. The summed E-state index contributed by atoms with van der Waals surface area (Å²) in [6, 6.07) is 12.2. The Morgan fingerprint density at radius 3 is 2.43 bits per heavy atom. The Kier molecular flexibility index (Phi) is 5.69. The maximum atomic E-state index is 5.83. The van der Waals surface area contributed by atoms with E-state index in [1.807, 2.05) is 38.1 Å². The van der Waals surface area contributed by atoms with Crippen LogP contribution < -0.4 is 5.32 Å². The highest BCUT2D eigenvalue weighted by atomic mass is 16.5. The van der Waals surface area contributed by atoms with Crippen LogP contribution in [0.15, 0.2) is 36.4 Å². The SMILES string of the molecule is Cc1cc(C)nc(NCCCOC(C)c2ccccc2)n1. The molecule has 112 valence electrons. The highest BCUT2D eigenvalue weighted by molar-refractivity contribution is 5.27. The molecule has 0 aliphatic carbocycles. The summed E-state index contributed by atoms with van der Waals surface area (Å²) in [6.45, 7) is 7.56. The van der Waals surface area contributed by atoms with Gasteiger partial charge in [0, 0.05) is 24.5 Å². The van der Waals surface area contributed by atoms with Gasteiger partial charge in [0.05, 0.1) is 6.10 Å². The summed E-state index contributed by atoms with van der Waals surface area (Å²) in [6.07, 6.45) is 1.05. The molecule has 4 heteroatoms. The normalized spacial score (nSPS) is 12.1. The number of aromatic nitrogens is 2. The molecule has 1 heterocycles. The molecule has 1 N–H and O–H groups in total. The van der Waals surface area contributed by atoms with E-state index in [-0.39, 0.29) is 6.10 Å². The molecular weight excluding hydrogens is 262 g/mol. The van der Waals surface area contributed by atoms with Crippen molar-refractivity contribution < 1.29 is 4.74 Å². The molecule has 0 amide bonds. The molecule has 1 aromatic carbocycles. The molecular formula is C17H23N3O. The fraction of sp³-hybridized carbons (Fsp3) is 0.412. The maximum absolute atomic E-state index is 5.83. The summed E-state index contributed by atoms with van der Waals surface area (Å²) < 4.78 is 5.83. The van der Waals surface area contributed by atoms with Gasteiger partial charge in [-0.15, -0.1) is 0 Å². The first-order valence-electron chi connectivity index (χ1n) is 7.38. The zero-order valence-electron chi connectivity index (χ0n) is 13.0. The number of anilines is 1. The van der Waals surface area contributed by atoms with E-state index in [1.54, 1.807) is 0 Å². The van der Waals surface area contributed by atoms with Crippen molar-refractivity contribution >= 4 is 5.95 Å². The largest absolute Gasteiger partial charge is 0.374 e. The van der Waals surface area contributed by atoms with E-state index in [1.165, 1.54) is 5.56 Å². The van der Waals surface area contributed by atoms with Crippen LogP contribution in [0.25, 0.3) is 0 Å². The van der Waals surface area contributed by atoms with Gasteiger partial charge in [-0.05, 0) is 38.8 Å². The van der Waals surface area contributed by atoms with Gasteiger partial charge in [0.1, 0.15) is 0 Å². The van der Waals surface area contributed by atoms with Crippen molar-refractivity contribution in [2.24, 2.45) is 0 Å². The molecule has 0 radical (unpaired) electrons. The highest BCUT2D eigenvalue weighted by Gasteiger charge is 2.04. The molecule has 0 fully saturated rings. The molecule has 0 saturated carbocycles. The second kappa shape index (κ2) is 7.74. The first kappa shape index (κ1) is 15.4. The summed E-state index contributed by atoms with van der Waals surface area (Å²) in [5, 5.41) is 3.24. The number of rotatable bonds is 7. The third kappa shape index (κ3) is 5.16. The molecule has 4 nitrogen and oxygen atoms in total. The van der Waals surface area contributed by atoms with E-state index in [0.29, 0.717) is 12.6 Å². The van der Waals surface area contributed by atoms with E-state index in [4.69, 9.17) is 4.74 Å². The topological polar surface area (TPSA) is 47.0 Å². The molecule has 0 aliphatic heterocycles. The average Bonchev–Trinajstić information content (AvgIpc) is 2.46. The number of hydrogen-bond acceptors (Lipinski definition) is 4. The predicted octanol–water partition coefficient (Wildman–Crippen LogP) is 3.67. The van der Waals surface area contributed by atoms with Gasteiger partial charge in [-0.3, -0.25) is 0 Å². The third-order valence-electron chi connectivity index (χ3n) is 3.22. The fourth-order valence-electron chi connectivity index (χ4n) is 2.16. The predicted molar refractivity (Wildman–Crippen MR) is 85.4 cm³/mol. The minimum Gasteiger partial charge on any atom is -0.374 e. The first-order chi connectivity index (χ1) is 10.1. The van der Waals surface area contributed by atoms with Crippen molar-refractivity contribution in [3.63, 3.8) is 0 Å².